The molecule has 1 aromatic carbocycles. The molecule has 0 fully saturated rings. The summed E-state index contributed by atoms with van der Waals surface area (Å²) in [5.41, 5.74) is 6.05. The molecule has 0 atom stereocenters. The molecule has 0 amide bonds. The molecule has 0 aliphatic heterocycles. The van der Waals surface area contributed by atoms with Gasteiger partial charge in [-0.3, -0.25) is 0 Å². The average molecular weight is 274 g/mol. The minimum Gasteiger partial charge on any atom is -0.476 e. The number of aromatic nitrogens is 2. The molecular formula is C13H11FN4O2. The monoisotopic (exact) mass is 274 g/mol. The zero-order chi connectivity index (χ0) is 14.5. The summed E-state index contributed by atoms with van der Waals surface area (Å²) in [5.74, 6) is -0.601. The van der Waals surface area contributed by atoms with Crippen LogP contribution >= 0.6 is 0 Å². The van der Waals surface area contributed by atoms with Gasteiger partial charge in [0.25, 0.3) is 0 Å². The van der Waals surface area contributed by atoms with Crippen LogP contribution in [-0.4, -0.2) is 16.6 Å². The van der Waals surface area contributed by atoms with Crippen molar-refractivity contribution < 1.29 is 13.9 Å². The second kappa shape index (κ2) is 5.84. The first kappa shape index (κ1) is 13.5. The van der Waals surface area contributed by atoms with Crippen molar-refractivity contribution in [3.05, 3.63) is 35.9 Å². The van der Waals surface area contributed by atoms with Crippen molar-refractivity contribution in [3.63, 3.8) is 0 Å². The van der Waals surface area contributed by atoms with E-state index in [4.69, 9.17) is 20.5 Å². The molecule has 0 radical (unpaired) electrons. The first-order valence-electron chi connectivity index (χ1n) is 5.76. The number of rotatable bonds is 4. The fourth-order valence-corrected chi connectivity index (χ4v) is 1.45. The topological polar surface area (TPSA) is 94.0 Å². The molecule has 0 saturated heterocycles. The summed E-state index contributed by atoms with van der Waals surface area (Å²) >= 11 is 0. The maximum atomic E-state index is 13.7. The van der Waals surface area contributed by atoms with Crippen LogP contribution in [0.1, 0.15) is 12.5 Å². The molecule has 0 spiro atoms. The number of hydrogen-bond acceptors (Lipinski definition) is 6. The van der Waals surface area contributed by atoms with Gasteiger partial charge < -0.3 is 15.2 Å². The molecule has 0 saturated carbocycles. The van der Waals surface area contributed by atoms with Crippen molar-refractivity contribution in [2.75, 3.05) is 12.3 Å². The fraction of sp³-hybridized carbons (Fsp3) is 0.154. The number of hydrogen-bond donors (Lipinski definition) is 1. The van der Waals surface area contributed by atoms with Crippen LogP contribution < -0.4 is 15.2 Å². The number of nitrogens with two attached hydrogens (primary N) is 1. The normalized spacial score (nSPS) is 9.85. The standard InChI is InChI=1S/C13H11FN4O2/c1-2-19-12-11(16)13(18-7-17-12)20-10-4-3-8(6-15)5-9(10)14/h3-5,7H,2,16H2,1H3. The third-order valence-corrected chi connectivity index (χ3v) is 2.36. The number of benzene rings is 1. The van der Waals surface area contributed by atoms with Gasteiger partial charge in [-0.2, -0.15) is 15.2 Å². The molecule has 2 rings (SSSR count). The van der Waals surface area contributed by atoms with E-state index in [1.807, 2.05) is 6.07 Å². The SMILES string of the molecule is CCOc1ncnc(Oc2ccc(C#N)cc2F)c1N. The highest BCUT2D eigenvalue weighted by Gasteiger charge is 2.13. The molecule has 2 aromatic rings. The summed E-state index contributed by atoms with van der Waals surface area (Å²) in [6.07, 6.45) is 1.21. The third-order valence-electron chi connectivity index (χ3n) is 2.36. The Morgan fingerprint density at radius 1 is 1.35 bits per heavy atom. The zero-order valence-corrected chi connectivity index (χ0v) is 10.6. The van der Waals surface area contributed by atoms with Crippen molar-refractivity contribution in [2.24, 2.45) is 0 Å². The van der Waals surface area contributed by atoms with E-state index >= 15 is 0 Å². The van der Waals surface area contributed by atoms with Gasteiger partial charge in [-0.25, -0.2) is 4.39 Å². The van der Waals surface area contributed by atoms with Gasteiger partial charge in [0.05, 0.1) is 18.2 Å². The van der Waals surface area contributed by atoms with Crippen LogP contribution in [0.4, 0.5) is 10.1 Å². The van der Waals surface area contributed by atoms with E-state index in [0.717, 1.165) is 6.07 Å². The predicted molar refractivity (Wildman–Crippen MR) is 68.8 cm³/mol. The van der Waals surface area contributed by atoms with Gasteiger partial charge >= 0.3 is 0 Å². The van der Waals surface area contributed by atoms with Crippen molar-refractivity contribution in [3.8, 4) is 23.6 Å². The molecule has 1 heterocycles. The Morgan fingerprint density at radius 2 is 2.10 bits per heavy atom. The van der Waals surface area contributed by atoms with Crippen molar-refractivity contribution in [1.29, 1.82) is 5.26 Å². The minimum atomic E-state index is -0.681. The molecule has 6 nitrogen and oxygen atoms in total. The van der Waals surface area contributed by atoms with Crippen LogP contribution in [0, 0.1) is 17.1 Å². The number of halogens is 1. The average Bonchev–Trinajstić information content (AvgIpc) is 2.45. The van der Waals surface area contributed by atoms with Crippen molar-refractivity contribution >= 4 is 5.69 Å². The number of nitrogens with zero attached hydrogens (tertiary/aromatic N) is 3. The summed E-state index contributed by atoms with van der Waals surface area (Å²) in [4.78, 5) is 7.68. The van der Waals surface area contributed by atoms with Gasteiger partial charge in [0.1, 0.15) is 6.33 Å². The van der Waals surface area contributed by atoms with Crippen LogP contribution in [0.3, 0.4) is 0 Å². The van der Waals surface area contributed by atoms with E-state index < -0.39 is 5.82 Å². The Kier molecular flexibility index (Phi) is 3.96. The Morgan fingerprint density at radius 3 is 2.75 bits per heavy atom. The number of anilines is 1. The van der Waals surface area contributed by atoms with E-state index in [1.165, 1.54) is 18.5 Å². The molecule has 7 heteroatoms. The summed E-state index contributed by atoms with van der Waals surface area (Å²) < 4.78 is 24.2. The number of nitrogen functional groups attached to an aromatic ring is 1. The molecule has 20 heavy (non-hydrogen) atoms. The van der Waals surface area contributed by atoms with E-state index in [-0.39, 0.29) is 28.8 Å². The highest BCUT2D eigenvalue weighted by atomic mass is 19.1. The van der Waals surface area contributed by atoms with Gasteiger partial charge in [-0.15, -0.1) is 0 Å². The number of nitriles is 1. The summed E-state index contributed by atoms with van der Waals surface area (Å²) in [6, 6.07) is 5.65. The lowest BCUT2D eigenvalue weighted by Crippen LogP contribution is -2.03. The second-order valence-electron chi connectivity index (χ2n) is 3.69. The molecule has 0 unspecified atom stereocenters. The lowest BCUT2D eigenvalue weighted by atomic mass is 10.2. The van der Waals surface area contributed by atoms with Crippen LogP contribution in [0.5, 0.6) is 17.5 Å². The molecular weight excluding hydrogens is 263 g/mol. The summed E-state index contributed by atoms with van der Waals surface area (Å²) in [6.45, 7) is 2.16. The van der Waals surface area contributed by atoms with Gasteiger partial charge in [0.15, 0.2) is 17.3 Å². The van der Waals surface area contributed by atoms with E-state index in [2.05, 4.69) is 9.97 Å². The molecule has 2 N–H and O–H groups in total. The smallest absolute Gasteiger partial charge is 0.249 e. The molecule has 0 aliphatic rings. The number of ether oxygens (including phenoxy) is 2. The molecule has 0 bridgehead atoms. The van der Waals surface area contributed by atoms with Gasteiger partial charge in [-0.1, -0.05) is 0 Å². The van der Waals surface area contributed by atoms with Gasteiger partial charge in [-0.05, 0) is 25.1 Å². The van der Waals surface area contributed by atoms with Crippen LogP contribution in [-0.2, 0) is 0 Å². The third kappa shape index (κ3) is 2.75. The highest BCUT2D eigenvalue weighted by molar-refractivity contribution is 5.57. The van der Waals surface area contributed by atoms with Crippen LogP contribution in [0.2, 0.25) is 0 Å². The van der Waals surface area contributed by atoms with E-state index in [0.29, 0.717) is 6.61 Å². The minimum absolute atomic E-state index is 0.00735. The first-order chi connectivity index (χ1) is 9.65. The second-order valence-corrected chi connectivity index (χ2v) is 3.69. The fourth-order valence-electron chi connectivity index (χ4n) is 1.45. The largest absolute Gasteiger partial charge is 0.476 e. The van der Waals surface area contributed by atoms with E-state index in [9.17, 15) is 4.39 Å². The lowest BCUT2D eigenvalue weighted by molar-refractivity contribution is 0.325. The van der Waals surface area contributed by atoms with Crippen molar-refractivity contribution in [1.82, 2.24) is 9.97 Å². The van der Waals surface area contributed by atoms with Gasteiger partial charge in [0, 0.05) is 0 Å². The predicted octanol–water partition coefficient (Wildman–Crippen LogP) is 2.26. The van der Waals surface area contributed by atoms with Crippen LogP contribution in [0.25, 0.3) is 0 Å². The Labute approximate surface area is 114 Å². The highest BCUT2D eigenvalue weighted by Crippen LogP contribution is 2.31. The van der Waals surface area contributed by atoms with Crippen LogP contribution in [0.15, 0.2) is 24.5 Å². The van der Waals surface area contributed by atoms with Gasteiger partial charge in [0.2, 0.25) is 11.8 Å². The molecule has 102 valence electrons. The molecule has 0 aliphatic carbocycles. The maximum absolute atomic E-state index is 13.7. The Bertz CT molecular complexity index is 670. The molecule has 1 aromatic heterocycles. The Balaban J connectivity index is 2.31. The maximum Gasteiger partial charge on any atom is 0.249 e. The Hall–Kier alpha value is -2.88. The quantitative estimate of drug-likeness (QED) is 0.918. The summed E-state index contributed by atoms with van der Waals surface area (Å²) in [7, 11) is 0. The lowest BCUT2D eigenvalue weighted by Gasteiger charge is -2.10. The van der Waals surface area contributed by atoms with Crippen molar-refractivity contribution in [2.45, 2.75) is 6.92 Å². The van der Waals surface area contributed by atoms with E-state index in [1.54, 1.807) is 6.92 Å². The summed E-state index contributed by atoms with van der Waals surface area (Å²) in [5, 5.41) is 8.67. The zero-order valence-electron chi connectivity index (χ0n) is 10.6. The first-order valence-corrected chi connectivity index (χ1v) is 5.76.